The molecule has 1 aromatic heterocycles. The summed E-state index contributed by atoms with van der Waals surface area (Å²) >= 11 is 3.36. The minimum atomic E-state index is 0.198. The molecule has 16 heavy (non-hydrogen) atoms. The van der Waals surface area contributed by atoms with E-state index in [1.807, 2.05) is 12.1 Å². The molecule has 0 amide bonds. The summed E-state index contributed by atoms with van der Waals surface area (Å²) < 4.78 is 6.81. The van der Waals surface area contributed by atoms with Gasteiger partial charge in [0.05, 0.1) is 18.4 Å². The van der Waals surface area contributed by atoms with Crippen molar-refractivity contribution >= 4 is 15.9 Å². The normalized spacial score (nSPS) is 25.6. The van der Waals surface area contributed by atoms with Crippen LogP contribution < -0.4 is 5.73 Å². The summed E-state index contributed by atoms with van der Waals surface area (Å²) in [6.07, 6.45) is 6.62. The number of halogens is 1. The van der Waals surface area contributed by atoms with Crippen molar-refractivity contribution in [3.05, 3.63) is 28.5 Å². The van der Waals surface area contributed by atoms with Crippen molar-refractivity contribution in [3.63, 3.8) is 0 Å². The van der Waals surface area contributed by atoms with Gasteiger partial charge in [0, 0.05) is 16.7 Å². The Kier molecular flexibility index (Phi) is 4.32. The van der Waals surface area contributed by atoms with Crippen molar-refractivity contribution in [1.82, 2.24) is 4.98 Å². The molecule has 0 saturated heterocycles. The van der Waals surface area contributed by atoms with Gasteiger partial charge in [-0.2, -0.15) is 0 Å². The van der Waals surface area contributed by atoms with E-state index in [0.717, 1.165) is 23.0 Å². The van der Waals surface area contributed by atoms with Gasteiger partial charge in [0.2, 0.25) is 0 Å². The molecule has 4 heteroatoms. The number of hydrogen-bond acceptors (Lipinski definition) is 3. The monoisotopic (exact) mass is 284 g/mol. The van der Waals surface area contributed by atoms with Crippen molar-refractivity contribution in [3.8, 4) is 0 Å². The molecule has 1 aliphatic carbocycles. The van der Waals surface area contributed by atoms with E-state index in [0.29, 0.717) is 6.61 Å². The third-order valence-corrected chi connectivity index (χ3v) is 3.46. The van der Waals surface area contributed by atoms with Gasteiger partial charge in [0.15, 0.2) is 0 Å². The van der Waals surface area contributed by atoms with Crippen LogP contribution in [0.1, 0.15) is 31.4 Å². The third kappa shape index (κ3) is 3.27. The predicted octanol–water partition coefficient (Wildman–Crippen LogP) is 2.63. The quantitative estimate of drug-likeness (QED) is 0.928. The second-order valence-corrected chi connectivity index (χ2v) is 5.18. The molecule has 2 unspecified atom stereocenters. The first-order chi connectivity index (χ1) is 7.75. The summed E-state index contributed by atoms with van der Waals surface area (Å²) in [5.74, 6) is 0. The highest BCUT2D eigenvalue weighted by atomic mass is 79.9. The highest BCUT2D eigenvalue weighted by Gasteiger charge is 2.22. The molecule has 2 atom stereocenters. The third-order valence-electron chi connectivity index (χ3n) is 2.99. The van der Waals surface area contributed by atoms with Crippen LogP contribution in [-0.2, 0) is 11.3 Å². The number of hydrogen-bond donors (Lipinski definition) is 1. The van der Waals surface area contributed by atoms with Gasteiger partial charge < -0.3 is 10.5 Å². The molecular weight excluding hydrogens is 268 g/mol. The molecule has 2 rings (SSSR count). The summed E-state index contributed by atoms with van der Waals surface area (Å²) in [6, 6.07) is 4.15. The lowest BCUT2D eigenvalue weighted by molar-refractivity contribution is 0.00257. The number of nitrogens with two attached hydrogens (primary N) is 1. The van der Waals surface area contributed by atoms with Crippen molar-refractivity contribution < 1.29 is 4.74 Å². The van der Waals surface area contributed by atoms with Gasteiger partial charge >= 0.3 is 0 Å². The largest absolute Gasteiger partial charge is 0.370 e. The standard InChI is InChI=1S/C12H17BrN2O/c13-9-5-6-10(15-7-9)8-16-12-4-2-1-3-11(12)14/h5-7,11-12H,1-4,8,14H2. The number of ether oxygens (including phenoxy) is 1. The van der Waals surface area contributed by atoms with Crippen LogP contribution in [0, 0.1) is 0 Å². The Morgan fingerprint density at radius 1 is 1.38 bits per heavy atom. The molecule has 0 aliphatic heterocycles. The first-order valence-corrected chi connectivity index (χ1v) is 6.52. The highest BCUT2D eigenvalue weighted by molar-refractivity contribution is 9.10. The molecule has 1 aromatic rings. The SMILES string of the molecule is NC1CCCCC1OCc1ccc(Br)cn1. The zero-order valence-electron chi connectivity index (χ0n) is 9.23. The van der Waals surface area contributed by atoms with Crippen molar-refractivity contribution in [2.75, 3.05) is 0 Å². The molecule has 88 valence electrons. The minimum absolute atomic E-state index is 0.198. The summed E-state index contributed by atoms with van der Waals surface area (Å²) in [5.41, 5.74) is 6.97. The zero-order chi connectivity index (χ0) is 11.4. The molecule has 2 N–H and O–H groups in total. The lowest BCUT2D eigenvalue weighted by Crippen LogP contribution is -2.39. The van der Waals surface area contributed by atoms with Crippen LogP contribution >= 0.6 is 15.9 Å². The smallest absolute Gasteiger partial charge is 0.0892 e. The fourth-order valence-corrected chi connectivity index (χ4v) is 2.25. The molecule has 1 fully saturated rings. The molecule has 0 aromatic carbocycles. The van der Waals surface area contributed by atoms with Crippen molar-refractivity contribution in [2.24, 2.45) is 5.73 Å². The van der Waals surface area contributed by atoms with Gasteiger partial charge in [-0.3, -0.25) is 4.98 Å². The van der Waals surface area contributed by atoms with Crippen LogP contribution in [0.2, 0.25) is 0 Å². The molecule has 1 saturated carbocycles. The summed E-state index contributed by atoms with van der Waals surface area (Å²) in [4.78, 5) is 4.28. The molecule has 0 radical (unpaired) electrons. The second kappa shape index (κ2) is 5.75. The minimum Gasteiger partial charge on any atom is -0.370 e. The van der Waals surface area contributed by atoms with Gasteiger partial charge in [-0.05, 0) is 40.9 Å². The Bertz CT molecular complexity index is 328. The van der Waals surface area contributed by atoms with Gasteiger partial charge in [-0.25, -0.2) is 0 Å². The van der Waals surface area contributed by atoms with Gasteiger partial charge in [-0.1, -0.05) is 12.8 Å². The van der Waals surface area contributed by atoms with E-state index in [4.69, 9.17) is 10.5 Å². The second-order valence-electron chi connectivity index (χ2n) is 4.27. The molecule has 1 heterocycles. The van der Waals surface area contributed by atoms with Crippen LogP contribution in [0.15, 0.2) is 22.8 Å². The highest BCUT2D eigenvalue weighted by Crippen LogP contribution is 2.20. The van der Waals surface area contributed by atoms with Crippen LogP contribution in [0.3, 0.4) is 0 Å². The fraction of sp³-hybridized carbons (Fsp3) is 0.583. The van der Waals surface area contributed by atoms with Crippen LogP contribution in [0.5, 0.6) is 0 Å². The maximum absolute atomic E-state index is 6.01. The Balaban J connectivity index is 1.84. The molecule has 0 spiro atoms. The average molecular weight is 285 g/mol. The van der Waals surface area contributed by atoms with Crippen LogP contribution in [-0.4, -0.2) is 17.1 Å². The number of rotatable bonds is 3. The Hall–Kier alpha value is -0.450. The van der Waals surface area contributed by atoms with Crippen molar-refractivity contribution in [2.45, 2.75) is 44.4 Å². The predicted molar refractivity (Wildman–Crippen MR) is 67.0 cm³/mol. The lowest BCUT2D eigenvalue weighted by atomic mass is 9.93. The van der Waals surface area contributed by atoms with Crippen molar-refractivity contribution in [1.29, 1.82) is 0 Å². The van der Waals surface area contributed by atoms with Gasteiger partial charge in [-0.15, -0.1) is 0 Å². The number of nitrogens with zero attached hydrogens (tertiary/aromatic N) is 1. The van der Waals surface area contributed by atoms with E-state index < -0.39 is 0 Å². The van der Waals surface area contributed by atoms with E-state index in [-0.39, 0.29) is 12.1 Å². The summed E-state index contributed by atoms with van der Waals surface area (Å²) in [6.45, 7) is 0.561. The number of pyridine rings is 1. The van der Waals surface area contributed by atoms with Gasteiger partial charge in [0.1, 0.15) is 0 Å². The van der Waals surface area contributed by atoms with Crippen LogP contribution in [0.25, 0.3) is 0 Å². The first-order valence-electron chi connectivity index (χ1n) is 5.73. The Morgan fingerprint density at radius 2 is 2.19 bits per heavy atom. The summed E-state index contributed by atoms with van der Waals surface area (Å²) in [5, 5.41) is 0. The zero-order valence-corrected chi connectivity index (χ0v) is 10.8. The molecule has 3 nitrogen and oxygen atoms in total. The van der Waals surface area contributed by atoms with E-state index in [1.54, 1.807) is 6.20 Å². The van der Waals surface area contributed by atoms with E-state index in [2.05, 4.69) is 20.9 Å². The van der Waals surface area contributed by atoms with E-state index >= 15 is 0 Å². The topological polar surface area (TPSA) is 48.1 Å². The maximum atomic E-state index is 6.01. The Labute approximate surface area is 105 Å². The Morgan fingerprint density at radius 3 is 2.88 bits per heavy atom. The molecule has 0 bridgehead atoms. The molecule has 1 aliphatic rings. The number of aromatic nitrogens is 1. The molecular formula is C12H17BrN2O. The van der Waals surface area contributed by atoms with E-state index in [9.17, 15) is 0 Å². The first kappa shape index (κ1) is 12.0. The summed E-state index contributed by atoms with van der Waals surface area (Å²) in [7, 11) is 0. The average Bonchev–Trinajstić information content (AvgIpc) is 2.30. The van der Waals surface area contributed by atoms with Crippen LogP contribution in [0.4, 0.5) is 0 Å². The maximum Gasteiger partial charge on any atom is 0.0892 e. The van der Waals surface area contributed by atoms with E-state index in [1.165, 1.54) is 12.8 Å². The van der Waals surface area contributed by atoms with Gasteiger partial charge in [0.25, 0.3) is 0 Å². The lowest BCUT2D eigenvalue weighted by Gasteiger charge is -2.28. The fourth-order valence-electron chi connectivity index (χ4n) is 2.02.